The van der Waals surface area contributed by atoms with Gasteiger partial charge in [-0.05, 0) is 56.9 Å². The molecule has 1 aromatic heterocycles. The van der Waals surface area contributed by atoms with Gasteiger partial charge in [-0.15, -0.1) is 0 Å². The van der Waals surface area contributed by atoms with Crippen molar-refractivity contribution in [2.75, 3.05) is 0 Å². The maximum atomic E-state index is 6.42. The number of benzene rings is 1. The first-order chi connectivity index (χ1) is 9.43. The fraction of sp³-hybridized carbons (Fsp3) is 0.438. The van der Waals surface area contributed by atoms with E-state index >= 15 is 0 Å². The standard InChI is InChI=1S/C16H22ClN3/c1-5-14-11(3)19-20(12(14)4)16-7-6-13(8-10(2)18)9-15(16)17/h6-7,9-10H,5,8,18H2,1-4H3. The molecule has 108 valence electrons. The van der Waals surface area contributed by atoms with E-state index in [1.807, 2.05) is 30.7 Å². The number of halogens is 1. The molecule has 1 unspecified atom stereocenters. The molecule has 4 heteroatoms. The lowest BCUT2D eigenvalue weighted by Crippen LogP contribution is -2.17. The molecule has 0 saturated carbocycles. The van der Waals surface area contributed by atoms with Gasteiger partial charge in [0.25, 0.3) is 0 Å². The molecular weight excluding hydrogens is 270 g/mol. The van der Waals surface area contributed by atoms with Crippen molar-refractivity contribution in [3.63, 3.8) is 0 Å². The third kappa shape index (κ3) is 2.89. The molecule has 2 aromatic rings. The van der Waals surface area contributed by atoms with Crippen molar-refractivity contribution >= 4 is 11.6 Å². The Morgan fingerprint density at radius 1 is 1.35 bits per heavy atom. The molecule has 0 amide bonds. The van der Waals surface area contributed by atoms with Crippen LogP contribution in [0.2, 0.25) is 5.02 Å². The van der Waals surface area contributed by atoms with Crippen molar-refractivity contribution in [2.45, 2.75) is 46.6 Å². The van der Waals surface area contributed by atoms with E-state index in [-0.39, 0.29) is 6.04 Å². The van der Waals surface area contributed by atoms with Crippen LogP contribution < -0.4 is 5.73 Å². The number of nitrogens with two attached hydrogens (primary N) is 1. The van der Waals surface area contributed by atoms with E-state index in [2.05, 4.69) is 25.0 Å². The maximum Gasteiger partial charge on any atom is 0.0835 e. The van der Waals surface area contributed by atoms with Crippen LogP contribution in [-0.4, -0.2) is 15.8 Å². The van der Waals surface area contributed by atoms with E-state index in [4.69, 9.17) is 17.3 Å². The summed E-state index contributed by atoms with van der Waals surface area (Å²) in [6.07, 6.45) is 1.81. The molecule has 0 aliphatic carbocycles. The Balaban J connectivity index is 2.43. The maximum absolute atomic E-state index is 6.42. The summed E-state index contributed by atoms with van der Waals surface area (Å²) in [6, 6.07) is 6.23. The Morgan fingerprint density at radius 2 is 2.05 bits per heavy atom. The molecule has 0 bridgehead atoms. The van der Waals surface area contributed by atoms with Crippen LogP contribution in [0.3, 0.4) is 0 Å². The van der Waals surface area contributed by atoms with E-state index in [0.29, 0.717) is 0 Å². The zero-order chi connectivity index (χ0) is 14.9. The fourth-order valence-corrected chi connectivity index (χ4v) is 2.93. The molecule has 0 fully saturated rings. The van der Waals surface area contributed by atoms with Gasteiger partial charge in [-0.25, -0.2) is 4.68 Å². The lowest BCUT2D eigenvalue weighted by Gasteiger charge is -2.11. The van der Waals surface area contributed by atoms with Crippen LogP contribution in [0.1, 0.15) is 36.4 Å². The van der Waals surface area contributed by atoms with Gasteiger partial charge in [0, 0.05) is 11.7 Å². The fourth-order valence-electron chi connectivity index (χ4n) is 2.64. The van der Waals surface area contributed by atoms with Crippen molar-refractivity contribution in [3.8, 4) is 5.69 Å². The van der Waals surface area contributed by atoms with Crippen molar-refractivity contribution in [3.05, 3.63) is 45.7 Å². The predicted octanol–water partition coefficient (Wildman–Crippen LogP) is 3.59. The third-order valence-corrected chi connectivity index (χ3v) is 3.90. The van der Waals surface area contributed by atoms with Gasteiger partial charge in [0.15, 0.2) is 0 Å². The predicted molar refractivity (Wildman–Crippen MR) is 84.8 cm³/mol. The summed E-state index contributed by atoms with van der Waals surface area (Å²) in [5.41, 5.74) is 11.4. The van der Waals surface area contributed by atoms with Crippen LogP contribution in [0.4, 0.5) is 0 Å². The second-order valence-electron chi connectivity index (χ2n) is 5.38. The van der Waals surface area contributed by atoms with E-state index in [1.165, 1.54) is 5.56 Å². The Hall–Kier alpha value is -1.32. The van der Waals surface area contributed by atoms with Crippen molar-refractivity contribution in [1.82, 2.24) is 9.78 Å². The van der Waals surface area contributed by atoms with Gasteiger partial charge in [0.2, 0.25) is 0 Å². The average molecular weight is 292 g/mol. The zero-order valence-electron chi connectivity index (χ0n) is 12.6. The highest BCUT2D eigenvalue weighted by Gasteiger charge is 2.13. The number of hydrogen-bond donors (Lipinski definition) is 1. The van der Waals surface area contributed by atoms with Gasteiger partial charge >= 0.3 is 0 Å². The number of nitrogens with zero attached hydrogens (tertiary/aromatic N) is 2. The molecule has 2 rings (SSSR count). The van der Waals surface area contributed by atoms with Crippen LogP contribution in [0.25, 0.3) is 5.69 Å². The summed E-state index contributed by atoms with van der Waals surface area (Å²) >= 11 is 6.42. The molecule has 0 spiro atoms. The molecule has 1 atom stereocenters. The number of hydrogen-bond acceptors (Lipinski definition) is 2. The average Bonchev–Trinajstić information content (AvgIpc) is 2.63. The number of rotatable bonds is 4. The summed E-state index contributed by atoms with van der Waals surface area (Å²) in [7, 11) is 0. The summed E-state index contributed by atoms with van der Waals surface area (Å²) < 4.78 is 1.94. The van der Waals surface area contributed by atoms with Crippen LogP contribution in [-0.2, 0) is 12.8 Å². The summed E-state index contributed by atoms with van der Waals surface area (Å²) in [5.74, 6) is 0. The third-order valence-electron chi connectivity index (χ3n) is 3.59. The Morgan fingerprint density at radius 3 is 2.55 bits per heavy atom. The van der Waals surface area contributed by atoms with E-state index < -0.39 is 0 Å². The van der Waals surface area contributed by atoms with Crippen molar-refractivity contribution in [1.29, 1.82) is 0 Å². The number of aromatic nitrogens is 2. The van der Waals surface area contributed by atoms with Crippen LogP contribution in [0, 0.1) is 13.8 Å². The van der Waals surface area contributed by atoms with Crippen LogP contribution in [0.15, 0.2) is 18.2 Å². The molecule has 2 N–H and O–H groups in total. The van der Waals surface area contributed by atoms with Gasteiger partial charge in [0.1, 0.15) is 0 Å². The Labute approximate surface area is 125 Å². The van der Waals surface area contributed by atoms with Gasteiger partial charge in [-0.2, -0.15) is 5.10 Å². The van der Waals surface area contributed by atoms with Gasteiger partial charge in [-0.3, -0.25) is 0 Å². The molecule has 1 aromatic carbocycles. The highest BCUT2D eigenvalue weighted by Crippen LogP contribution is 2.25. The smallest absolute Gasteiger partial charge is 0.0835 e. The van der Waals surface area contributed by atoms with Gasteiger partial charge < -0.3 is 5.73 Å². The van der Waals surface area contributed by atoms with Gasteiger partial charge in [0.05, 0.1) is 16.4 Å². The minimum atomic E-state index is 0.136. The largest absolute Gasteiger partial charge is 0.328 e. The molecule has 0 aliphatic heterocycles. The zero-order valence-corrected chi connectivity index (χ0v) is 13.3. The Kier molecular flexibility index (Phi) is 4.51. The highest BCUT2D eigenvalue weighted by molar-refractivity contribution is 6.32. The molecule has 1 heterocycles. The summed E-state index contributed by atoms with van der Waals surface area (Å²) in [6.45, 7) is 8.27. The monoisotopic (exact) mass is 291 g/mol. The highest BCUT2D eigenvalue weighted by atomic mass is 35.5. The first-order valence-electron chi connectivity index (χ1n) is 7.03. The SMILES string of the molecule is CCc1c(C)nn(-c2ccc(CC(C)N)cc2Cl)c1C. The molecule has 0 saturated heterocycles. The van der Waals surface area contributed by atoms with Crippen LogP contribution in [0.5, 0.6) is 0 Å². The molecular formula is C16H22ClN3. The van der Waals surface area contributed by atoms with Crippen molar-refractivity contribution < 1.29 is 0 Å². The molecule has 0 radical (unpaired) electrons. The molecule has 3 nitrogen and oxygen atoms in total. The molecule has 20 heavy (non-hydrogen) atoms. The van der Waals surface area contributed by atoms with Crippen molar-refractivity contribution in [2.24, 2.45) is 5.73 Å². The molecule has 0 aliphatic rings. The first-order valence-corrected chi connectivity index (χ1v) is 7.41. The van der Waals surface area contributed by atoms with E-state index in [0.717, 1.165) is 40.5 Å². The summed E-state index contributed by atoms with van der Waals surface area (Å²) in [5, 5.41) is 5.33. The Bertz CT molecular complexity index is 614. The van der Waals surface area contributed by atoms with E-state index in [9.17, 15) is 0 Å². The second kappa shape index (κ2) is 5.98. The minimum Gasteiger partial charge on any atom is -0.328 e. The topological polar surface area (TPSA) is 43.8 Å². The normalized spacial score (nSPS) is 12.7. The quantitative estimate of drug-likeness (QED) is 0.935. The lowest BCUT2D eigenvalue weighted by molar-refractivity contribution is 0.737. The summed E-state index contributed by atoms with van der Waals surface area (Å²) in [4.78, 5) is 0. The number of aryl methyl sites for hydroxylation is 1. The van der Waals surface area contributed by atoms with E-state index in [1.54, 1.807) is 0 Å². The lowest BCUT2D eigenvalue weighted by atomic mass is 10.1. The second-order valence-corrected chi connectivity index (χ2v) is 5.79. The minimum absolute atomic E-state index is 0.136. The first kappa shape index (κ1) is 15.1. The van der Waals surface area contributed by atoms with Crippen LogP contribution >= 0.6 is 11.6 Å². The van der Waals surface area contributed by atoms with Gasteiger partial charge in [-0.1, -0.05) is 24.6 Å².